The van der Waals surface area contributed by atoms with Gasteiger partial charge in [0.15, 0.2) is 0 Å². The van der Waals surface area contributed by atoms with Gasteiger partial charge in [0.25, 0.3) is 0 Å². The van der Waals surface area contributed by atoms with Gasteiger partial charge in [-0.2, -0.15) is 0 Å². The fourth-order valence-electron chi connectivity index (χ4n) is 1.58. The molecule has 0 bridgehead atoms. The Bertz CT molecular complexity index is 406. The van der Waals surface area contributed by atoms with Crippen LogP contribution in [0.15, 0.2) is 0 Å². The van der Waals surface area contributed by atoms with Crippen molar-refractivity contribution >= 4 is 23.8 Å². The number of urea groups is 1. The zero-order valence-corrected chi connectivity index (χ0v) is 11.3. The largest absolute Gasteiger partial charge is 0.481 e. The van der Waals surface area contributed by atoms with E-state index in [1.54, 1.807) is 6.92 Å². The van der Waals surface area contributed by atoms with Gasteiger partial charge < -0.3 is 15.7 Å². The summed E-state index contributed by atoms with van der Waals surface area (Å²) in [5.74, 6) is -2.22. The Morgan fingerprint density at radius 2 is 1.80 bits per heavy atom. The van der Waals surface area contributed by atoms with Crippen molar-refractivity contribution in [3.63, 3.8) is 0 Å². The van der Waals surface area contributed by atoms with E-state index in [-0.39, 0.29) is 37.3 Å². The molecule has 1 unspecified atom stereocenters. The summed E-state index contributed by atoms with van der Waals surface area (Å²) < 4.78 is 0. The topological polar surface area (TPSA) is 125 Å². The molecule has 0 radical (unpaired) electrons. The number of imide groups is 1. The molecule has 0 saturated heterocycles. The summed E-state index contributed by atoms with van der Waals surface area (Å²) in [6.07, 6.45) is 1.71. The zero-order chi connectivity index (χ0) is 15.1. The van der Waals surface area contributed by atoms with Crippen molar-refractivity contribution in [1.82, 2.24) is 16.0 Å². The number of carboxylic acids is 1. The SMILES string of the molecule is CC(CC(=O)O)CC(=O)NC(=O)NCC(=O)NC1CC1. The summed E-state index contributed by atoms with van der Waals surface area (Å²) in [6, 6.07) is -0.547. The fraction of sp³-hybridized carbons (Fsp3) is 0.667. The predicted octanol–water partition coefficient (Wildman–Crippen LogP) is -0.408. The standard InChI is InChI=1S/C12H19N3O5/c1-7(5-11(18)19)4-9(16)15-12(20)13-6-10(17)14-8-2-3-8/h7-8H,2-6H2,1H3,(H,14,17)(H,18,19)(H2,13,15,16,20). The molecule has 1 aliphatic rings. The van der Waals surface area contributed by atoms with E-state index in [2.05, 4.69) is 10.6 Å². The minimum Gasteiger partial charge on any atom is -0.481 e. The van der Waals surface area contributed by atoms with Crippen molar-refractivity contribution in [1.29, 1.82) is 0 Å². The minimum atomic E-state index is -0.994. The van der Waals surface area contributed by atoms with Gasteiger partial charge in [-0.3, -0.25) is 19.7 Å². The number of hydrogen-bond acceptors (Lipinski definition) is 4. The molecular formula is C12H19N3O5. The third kappa shape index (κ3) is 7.34. The lowest BCUT2D eigenvalue weighted by molar-refractivity contribution is -0.138. The molecule has 0 aromatic heterocycles. The molecule has 1 rings (SSSR count). The average molecular weight is 285 g/mol. The van der Waals surface area contributed by atoms with Crippen LogP contribution in [0.25, 0.3) is 0 Å². The highest BCUT2D eigenvalue weighted by Gasteiger charge is 2.23. The second kappa shape index (κ2) is 7.46. The van der Waals surface area contributed by atoms with Crippen molar-refractivity contribution < 1.29 is 24.3 Å². The first-order chi connectivity index (χ1) is 9.36. The van der Waals surface area contributed by atoms with Gasteiger partial charge in [0.2, 0.25) is 11.8 Å². The number of rotatable bonds is 7. The lowest BCUT2D eigenvalue weighted by Gasteiger charge is -2.09. The number of carboxylic acid groups (broad SMARTS) is 1. The quantitative estimate of drug-likeness (QED) is 0.506. The van der Waals surface area contributed by atoms with Crippen molar-refractivity contribution in [2.75, 3.05) is 6.54 Å². The van der Waals surface area contributed by atoms with Gasteiger partial charge in [0, 0.05) is 18.9 Å². The normalized spacial score (nSPS) is 15.1. The molecule has 4 amide bonds. The number of carbonyl (C=O) groups excluding carboxylic acids is 3. The third-order valence-corrected chi connectivity index (χ3v) is 2.66. The van der Waals surface area contributed by atoms with E-state index in [9.17, 15) is 19.2 Å². The Hall–Kier alpha value is -2.12. The highest BCUT2D eigenvalue weighted by molar-refractivity contribution is 5.95. The molecule has 1 saturated carbocycles. The van der Waals surface area contributed by atoms with Crippen LogP contribution < -0.4 is 16.0 Å². The van der Waals surface area contributed by atoms with E-state index in [4.69, 9.17) is 5.11 Å². The summed E-state index contributed by atoms with van der Waals surface area (Å²) in [7, 11) is 0. The first-order valence-electron chi connectivity index (χ1n) is 6.45. The molecule has 4 N–H and O–H groups in total. The smallest absolute Gasteiger partial charge is 0.321 e. The van der Waals surface area contributed by atoms with Crippen LogP contribution in [0.2, 0.25) is 0 Å². The molecule has 0 aromatic rings. The van der Waals surface area contributed by atoms with E-state index >= 15 is 0 Å². The Morgan fingerprint density at radius 1 is 1.15 bits per heavy atom. The van der Waals surface area contributed by atoms with Crippen molar-refractivity contribution in [3.8, 4) is 0 Å². The van der Waals surface area contributed by atoms with Crippen LogP contribution in [0, 0.1) is 5.92 Å². The van der Waals surface area contributed by atoms with Crippen molar-refractivity contribution in [2.24, 2.45) is 5.92 Å². The van der Waals surface area contributed by atoms with Gasteiger partial charge in [-0.25, -0.2) is 4.79 Å². The van der Waals surface area contributed by atoms with Gasteiger partial charge in [-0.1, -0.05) is 6.92 Å². The van der Waals surface area contributed by atoms with Crippen LogP contribution in [-0.4, -0.2) is 41.5 Å². The van der Waals surface area contributed by atoms with Crippen LogP contribution in [-0.2, 0) is 14.4 Å². The second-order valence-corrected chi connectivity index (χ2v) is 4.98. The van der Waals surface area contributed by atoms with E-state index in [1.165, 1.54) is 0 Å². The molecule has 0 heterocycles. The molecule has 0 aromatic carbocycles. The molecule has 112 valence electrons. The second-order valence-electron chi connectivity index (χ2n) is 4.98. The molecule has 20 heavy (non-hydrogen) atoms. The first kappa shape index (κ1) is 15.9. The van der Waals surface area contributed by atoms with Gasteiger partial charge in [0.05, 0.1) is 6.54 Å². The molecule has 8 heteroatoms. The molecule has 0 aliphatic heterocycles. The summed E-state index contributed by atoms with van der Waals surface area (Å²) >= 11 is 0. The summed E-state index contributed by atoms with van der Waals surface area (Å²) in [5.41, 5.74) is 0. The number of nitrogens with one attached hydrogen (secondary N) is 3. The van der Waals surface area contributed by atoms with E-state index in [0.29, 0.717) is 0 Å². The van der Waals surface area contributed by atoms with E-state index in [1.807, 2.05) is 5.32 Å². The highest BCUT2D eigenvalue weighted by atomic mass is 16.4. The van der Waals surface area contributed by atoms with Gasteiger partial charge in [0.1, 0.15) is 0 Å². The predicted molar refractivity (Wildman–Crippen MR) is 68.7 cm³/mol. The third-order valence-electron chi connectivity index (χ3n) is 2.66. The molecule has 8 nitrogen and oxygen atoms in total. The first-order valence-corrected chi connectivity index (χ1v) is 6.45. The van der Waals surface area contributed by atoms with E-state index < -0.39 is 17.9 Å². The van der Waals surface area contributed by atoms with Gasteiger partial charge >= 0.3 is 12.0 Å². The Morgan fingerprint density at radius 3 is 2.35 bits per heavy atom. The minimum absolute atomic E-state index is 0.0615. The average Bonchev–Trinajstić information content (AvgIpc) is 3.08. The molecular weight excluding hydrogens is 266 g/mol. The highest BCUT2D eigenvalue weighted by Crippen LogP contribution is 2.18. The monoisotopic (exact) mass is 285 g/mol. The lowest BCUT2D eigenvalue weighted by Crippen LogP contribution is -2.44. The number of carbonyl (C=O) groups is 4. The molecule has 0 spiro atoms. The fourth-order valence-corrected chi connectivity index (χ4v) is 1.58. The molecule has 1 aliphatic carbocycles. The van der Waals surface area contributed by atoms with Crippen molar-refractivity contribution in [3.05, 3.63) is 0 Å². The van der Waals surface area contributed by atoms with Crippen LogP contribution in [0.4, 0.5) is 4.79 Å². The van der Waals surface area contributed by atoms with Gasteiger partial charge in [-0.15, -0.1) is 0 Å². The Labute approximate surface area is 116 Å². The summed E-state index contributed by atoms with van der Waals surface area (Å²) in [5, 5.41) is 15.5. The number of aliphatic carboxylic acids is 1. The number of hydrogen-bond donors (Lipinski definition) is 4. The summed E-state index contributed by atoms with van der Waals surface area (Å²) in [6.45, 7) is 1.41. The maximum absolute atomic E-state index is 11.4. The summed E-state index contributed by atoms with van der Waals surface area (Å²) in [4.78, 5) is 44.4. The van der Waals surface area contributed by atoms with E-state index in [0.717, 1.165) is 12.8 Å². The van der Waals surface area contributed by atoms with Gasteiger partial charge in [-0.05, 0) is 18.8 Å². The van der Waals surface area contributed by atoms with Crippen LogP contribution in [0.1, 0.15) is 32.6 Å². The lowest BCUT2D eigenvalue weighted by atomic mass is 10.0. The maximum Gasteiger partial charge on any atom is 0.321 e. The Kier molecular flexibility index (Phi) is 5.95. The Balaban J connectivity index is 2.15. The molecule has 1 atom stereocenters. The number of amides is 4. The van der Waals surface area contributed by atoms with Crippen molar-refractivity contribution in [2.45, 2.75) is 38.6 Å². The van der Waals surface area contributed by atoms with Crippen LogP contribution >= 0.6 is 0 Å². The van der Waals surface area contributed by atoms with Crippen LogP contribution in [0.3, 0.4) is 0 Å². The maximum atomic E-state index is 11.4. The molecule has 1 fully saturated rings. The zero-order valence-electron chi connectivity index (χ0n) is 11.3. The van der Waals surface area contributed by atoms with Crippen LogP contribution in [0.5, 0.6) is 0 Å².